The minimum atomic E-state index is -4.22. The van der Waals surface area contributed by atoms with Gasteiger partial charge in [0.15, 0.2) is 0 Å². The molecular weight excluding hydrogens is 312 g/mol. The summed E-state index contributed by atoms with van der Waals surface area (Å²) in [6, 6.07) is 4.36. The fourth-order valence-electron chi connectivity index (χ4n) is 2.90. The Bertz CT molecular complexity index is 547. The van der Waals surface area contributed by atoms with Gasteiger partial charge in [0.2, 0.25) is 0 Å². The summed E-state index contributed by atoms with van der Waals surface area (Å²) in [4.78, 5) is 11.9. The van der Waals surface area contributed by atoms with Gasteiger partial charge in [-0.3, -0.25) is 0 Å². The molecule has 3 unspecified atom stereocenters. The van der Waals surface area contributed by atoms with Gasteiger partial charge in [-0.1, -0.05) is 18.6 Å². The summed E-state index contributed by atoms with van der Waals surface area (Å²) in [6.07, 6.45) is -3.22. The van der Waals surface area contributed by atoms with E-state index in [0.29, 0.717) is 18.4 Å². The first-order chi connectivity index (χ1) is 10.8. The molecule has 1 aromatic rings. The summed E-state index contributed by atoms with van der Waals surface area (Å²) in [7, 11) is 0. The van der Waals surface area contributed by atoms with Crippen LogP contribution < -0.4 is 10.6 Å². The fourth-order valence-corrected chi connectivity index (χ4v) is 2.90. The third-order valence-electron chi connectivity index (χ3n) is 4.17. The van der Waals surface area contributed by atoms with E-state index in [2.05, 4.69) is 10.6 Å². The zero-order valence-electron chi connectivity index (χ0n) is 12.8. The van der Waals surface area contributed by atoms with Crippen LogP contribution in [0.3, 0.4) is 0 Å². The van der Waals surface area contributed by atoms with Crippen molar-refractivity contribution in [3.05, 3.63) is 35.6 Å². The molecule has 1 aliphatic carbocycles. The standard InChI is InChI=1S/C16H20F4N2O/c1-10(11-4-2-6-13(17)8-11)21-15(23)22-14-7-3-5-12(9-14)16(18,19)20/h2,4,6,8,10,12,14H,3,5,7,9H2,1H3,(H2,21,22,23). The minimum Gasteiger partial charge on any atom is -0.335 e. The van der Waals surface area contributed by atoms with Crippen molar-refractivity contribution in [2.45, 2.75) is 50.9 Å². The summed E-state index contributed by atoms with van der Waals surface area (Å²) in [5.74, 6) is -1.76. The largest absolute Gasteiger partial charge is 0.391 e. The normalized spacial score (nSPS) is 23.2. The number of halogens is 4. The summed E-state index contributed by atoms with van der Waals surface area (Å²) in [5, 5.41) is 5.22. The average molecular weight is 332 g/mol. The van der Waals surface area contributed by atoms with Crippen LogP contribution in [0, 0.1) is 11.7 Å². The summed E-state index contributed by atoms with van der Waals surface area (Å²) < 4.78 is 51.4. The molecule has 0 aromatic heterocycles. The number of amides is 2. The lowest BCUT2D eigenvalue weighted by molar-refractivity contribution is -0.183. The van der Waals surface area contributed by atoms with E-state index in [1.165, 1.54) is 18.2 Å². The highest BCUT2D eigenvalue weighted by Gasteiger charge is 2.42. The molecule has 0 radical (unpaired) electrons. The predicted octanol–water partition coefficient (Wildman–Crippen LogP) is 4.31. The average Bonchev–Trinajstić information content (AvgIpc) is 2.46. The topological polar surface area (TPSA) is 41.1 Å². The zero-order chi connectivity index (χ0) is 17.0. The lowest BCUT2D eigenvalue weighted by Crippen LogP contribution is -2.46. The summed E-state index contributed by atoms with van der Waals surface area (Å²) >= 11 is 0. The van der Waals surface area contributed by atoms with Crippen molar-refractivity contribution >= 4 is 6.03 Å². The van der Waals surface area contributed by atoms with E-state index in [0.717, 1.165) is 0 Å². The first-order valence-corrected chi connectivity index (χ1v) is 7.65. The third kappa shape index (κ3) is 5.11. The highest BCUT2D eigenvalue weighted by atomic mass is 19.4. The maximum Gasteiger partial charge on any atom is 0.391 e. The van der Waals surface area contributed by atoms with Gasteiger partial charge in [-0.15, -0.1) is 0 Å². The second-order valence-corrected chi connectivity index (χ2v) is 6.00. The molecule has 3 nitrogen and oxygen atoms in total. The van der Waals surface area contributed by atoms with Crippen LogP contribution in [-0.2, 0) is 0 Å². The Morgan fingerprint density at radius 1 is 1.30 bits per heavy atom. The van der Waals surface area contributed by atoms with E-state index in [-0.39, 0.29) is 12.8 Å². The van der Waals surface area contributed by atoms with Crippen LogP contribution >= 0.6 is 0 Å². The van der Waals surface area contributed by atoms with Crippen LogP contribution in [0.4, 0.5) is 22.4 Å². The van der Waals surface area contributed by atoms with E-state index in [4.69, 9.17) is 0 Å². The van der Waals surface area contributed by atoms with Crippen molar-refractivity contribution in [1.29, 1.82) is 0 Å². The predicted molar refractivity (Wildman–Crippen MR) is 78.3 cm³/mol. The molecule has 0 aliphatic heterocycles. The van der Waals surface area contributed by atoms with Gasteiger partial charge in [-0.25, -0.2) is 9.18 Å². The first-order valence-electron chi connectivity index (χ1n) is 7.65. The maximum atomic E-state index is 13.2. The van der Waals surface area contributed by atoms with Crippen molar-refractivity contribution in [3.63, 3.8) is 0 Å². The number of nitrogens with one attached hydrogen (secondary N) is 2. The molecule has 2 rings (SSSR count). The molecule has 1 aliphatic rings. The molecule has 1 aromatic carbocycles. The van der Waals surface area contributed by atoms with Crippen molar-refractivity contribution in [2.75, 3.05) is 0 Å². The Hall–Kier alpha value is -1.79. The van der Waals surface area contributed by atoms with Gasteiger partial charge in [-0.2, -0.15) is 13.2 Å². The van der Waals surface area contributed by atoms with Gasteiger partial charge in [0, 0.05) is 6.04 Å². The summed E-state index contributed by atoms with van der Waals surface area (Å²) in [5.41, 5.74) is 0.594. The van der Waals surface area contributed by atoms with E-state index < -0.39 is 36.0 Å². The Kier molecular flexibility index (Phi) is 5.49. The van der Waals surface area contributed by atoms with Crippen LogP contribution in [0.25, 0.3) is 0 Å². The van der Waals surface area contributed by atoms with Crippen LogP contribution in [0.2, 0.25) is 0 Å². The Morgan fingerprint density at radius 3 is 2.70 bits per heavy atom. The second kappa shape index (κ2) is 7.19. The molecule has 1 fully saturated rings. The van der Waals surface area contributed by atoms with Crippen LogP contribution in [0.15, 0.2) is 24.3 Å². The molecule has 3 atom stereocenters. The number of alkyl halides is 3. The van der Waals surface area contributed by atoms with Gasteiger partial charge in [0.25, 0.3) is 0 Å². The van der Waals surface area contributed by atoms with E-state index in [9.17, 15) is 22.4 Å². The molecule has 23 heavy (non-hydrogen) atoms. The Balaban J connectivity index is 1.87. The molecule has 0 spiro atoms. The van der Waals surface area contributed by atoms with Gasteiger partial charge >= 0.3 is 12.2 Å². The van der Waals surface area contributed by atoms with Crippen molar-refractivity contribution in [1.82, 2.24) is 10.6 Å². The molecule has 7 heteroatoms. The number of rotatable bonds is 3. The third-order valence-corrected chi connectivity index (χ3v) is 4.17. The Labute approximate surface area is 132 Å². The maximum absolute atomic E-state index is 13.2. The van der Waals surface area contributed by atoms with Gasteiger partial charge < -0.3 is 10.6 Å². The Morgan fingerprint density at radius 2 is 2.04 bits per heavy atom. The highest BCUT2D eigenvalue weighted by molar-refractivity contribution is 5.74. The highest BCUT2D eigenvalue weighted by Crippen LogP contribution is 2.37. The number of benzene rings is 1. The van der Waals surface area contributed by atoms with E-state index in [1.807, 2.05) is 0 Å². The smallest absolute Gasteiger partial charge is 0.335 e. The molecule has 2 N–H and O–H groups in total. The molecule has 2 amide bonds. The number of carbonyl (C=O) groups is 1. The monoisotopic (exact) mass is 332 g/mol. The molecule has 1 saturated carbocycles. The lowest BCUT2D eigenvalue weighted by atomic mass is 9.85. The molecular formula is C16H20F4N2O. The van der Waals surface area contributed by atoms with Crippen LogP contribution in [0.5, 0.6) is 0 Å². The number of hydrogen-bond acceptors (Lipinski definition) is 1. The van der Waals surface area contributed by atoms with Crippen LogP contribution in [0.1, 0.15) is 44.2 Å². The SMILES string of the molecule is CC(NC(=O)NC1CCCC(C(F)(F)F)C1)c1cccc(F)c1. The summed E-state index contributed by atoms with van der Waals surface area (Å²) in [6.45, 7) is 1.69. The minimum absolute atomic E-state index is 0.0920. The molecule has 128 valence electrons. The van der Waals surface area contributed by atoms with Crippen LogP contribution in [-0.4, -0.2) is 18.2 Å². The second-order valence-electron chi connectivity index (χ2n) is 6.00. The fraction of sp³-hybridized carbons (Fsp3) is 0.562. The van der Waals surface area contributed by atoms with Gasteiger partial charge in [-0.05, 0) is 43.9 Å². The quantitative estimate of drug-likeness (QED) is 0.796. The zero-order valence-corrected chi connectivity index (χ0v) is 12.8. The van der Waals surface area contributed by atoms with Crippen molar-refractivity contribution in [2.24, 2.45) is 5.92 Å². The van der Waals surface area contributed by atoms with Crippen molar-refractivity contribution < 1.29 is 22.4 Å². The first kappa shape index (κ1) is 17.6. The molecule has 0 bridgehead atoms. The molecule has 0 heterocycles. The number of urea groups is 1. The van der Waals surface area contributed by atoms with E-state index in [1.54, 1.807) is 13.0 Å². The molecule has 0 saturated heterocycles. The lowest BCUT2D eigenvalue weighted by Gasteiger charge is -2.31. The van der Waals surface area contributed by atoms with Gasteiger partial charge in [0.1, 0.15) is 5.82 Å². The van der Waals surface area contributed by atoms with Crippen molar-refractivity contribution in [3.8, 4) is 0 Å². The van der Waals surface area contributed by atoms with Gasteiger partial charge in [0.05, 0.1) is 12.0 Å². The number of carbonyl (C=O) groups excluding carboxylic acids is 1. The van der Waals surface area contributed by atoms with E-state index >= 15 is 0 Å². The number of hydrogen-bond donors (Lipinski definition) is 2.